The Balaban J connectivity index is 3.60. The van der Waals surface area contributed by atoms with E-state index in [0.29, 0.717) is 0 Å². The van der Waals surface area contributed by atoms with Gasteiger partial charge in [-0.15, -0.1) is 0 Å². The molecule has 0 bridgehead atoms. The van der Waals surface area contributed by atoms with E-state index in [1.807, 2.05) is 0 Å². The van der Waals surface area contributed by atoms with Crippen molar-refractivity contribution in [3.63, 3.8) is 0 Å². The fourth-order valence-electron chi connectivity index (χ4n) is 0.503. The van der Waals surface area contributed by atoms with Crippen LogP contribution in [-0.4, -0.2) is 17.9 Å². The molecule has 0 spiro atoms. The van der Waals surface area contributed by atoms with E-state index in [0.717, 1.165) is 0 Å². The van der Waals surface area contributed by atoms with Crippen LogP contribution in [0.1, 0.15) is 12.8 Å². The normalized spacial score (nSPS) is 12.2. The molecular formula is C5H11N3O3. The predicted molar refractivity (Wildman–Crippen MR) is 36.7 cm³/mol. The van der Waals surface area contributed by atoms with Gasteiger partial charge in [-0.3, -0.25) is 4.79 Å². The van der Waals surface area contributed by atoms with Crippen LogP contribution >= 0.6 is 0 Å². The van der Waals surface area contributed by atoms with E-state index in [1.165, 1.54) is 0 Å². The third-order valence-corrected chi connectivity index (χ3v) is 1.12. The van der Waals surface area contributed by atoms with Crippen molar-refractivity contribution < 1.29 is 14.4 Å². The molecular weight excluding hydrogens is 150 g/mol. The Labute approximate surface area is 63.6 Å². The van der Waals surface area contributed by atoms with Gasteiger partial charge < -0.3 is 16.3 Å². The Morgan fingerprint density at radius 2 is 2.00 bits per heavy atom. The summed E-state index contributed by atoms with van der Waals surface area (Å²) >= 11 is 0. The molecule has 0 saturated carbocycles. The highest BCUT2D eigenvalue weighted by molar-refractivity contribution is 5.77. The minimum atomic E-state index is -0.868. The molecule has 1 amide bonds. The SMILES string of the molecule is NOC(=O)C(N)CCC(N)=O. The van der Waals surface area contributed by atoms with Crippen molar-refractivity contribution in [2.75, 3.05) is 0 Å². The van der Waals surface area contributed by atoms with Gasteiger partial charge in [0.1, 0.15) is 6.04 Å². The van der Waals surface area contributed by atoms with Gasteiger partial charge in [0.25, 0.3) is 0 Å². The van der Waals surface area contributed by atoms with E-state index >= 15 is 0 Å². The molecule has 1 atom stereocenters. The van der Waals surface area contributed by atoms with Crippen molar-refractivity contribution in [2.45, 2.75) is 18.9 Å². The van der Waals surface area contributed by atoms with E-state index < -0.39 is 17.9 Å². The minimum Gasteiger partial charge on any atom is -0.372 e. The summed E-state index contributed by atoms with van der Waals surface area (Å²) in [7, 11) is 0. The summed E-state index contributed by atoms with van der Waals surface area (Å²) < 4.78 is 0. The fourth-order valence-corrected chi connectivity index (χ4v) is 0.503. The zero-order chi connectivity index (χ0) is 8.85. The van der Waals surface area contributed by atoms with Gasteiger partial charge in [-0.25, -0.2) is 4.79 Å². The lowest BCUT2D eigenvalue weighted by Gasteiger charge is -2.05. The maximum absolute atomic E-state index is 10.5. The first kappa shape index (κ1) is 9.86. The summed E-state index contributed by atoms with van der Waals surface area (Å²) in [6, 6.07) is -0.868. The third-order valence-electron chi connectivity index (χ3n) is 1.12. The molecule has 64 valence electrons. The monoisotopic (exact) mass is 161 g/mol. The van der Waals surface area contributed by atoms with Gasteiger partial charge >= 0.3 is 5.97 Å². The average Bonchev–Trinajstić information content (AvgIpc) is 1.98. The van der Waals surface area contributed by atoms with Crippen LogP contribution in [0, 0.1) is 0 Å². The fraction of sp³-hybridized carbons (Fsp3) is 0.600. The Morgan fingerprint density at radius 3 is 2.36 bits per heavy atom. The van der Waals surface area contributed by atoms with Crippen LogP contribution in [-0.2, 0) is 14.4 Å². The molecule has 11 heavy (non-hydrogen) atoms. The second-order valence-corrected chi connectivity index (χ2v) is 2.05. The van der Waals surface area contributed by atoms with E-state index in [4.69, 9.17) is 11.5 Å². The van der Waals surface area contributed by atoms with E-state index in [2.05, 4.69) is 10.7 Å². The maximum atomic E-state index is 10.5. The van der Waals surface area contributed by atoms with Crippen LogP contribution in [0.3, 0.4) is 0 Å². The standard InChI is InChI=1S/C5H11N3O3/c6-3(5(10)11-8)1-2-4(7)9/h3H,1-2,6,8H2,(H2,7,9). The highest BCUT2D eigenvalue weighted by Crippen LogP contribution is 1.94. The van der Waals surface area contributed by atoms with Gasteiger partial charge in [0.05, 0.1) is 0 Å². The Morgan fingerprint density at radius 1 is 1.45 bits per heavy atom. The molecule has 6 N–H and O–H groups in total. The number of nitrogens with two attached hydrogens (primary N) is 3. The van der Waals surface area contributed by atoms with Crippen molar-refractivity contribution in [3.05, 3.63) is 0 Å². The summed E-state index contributed by atoms with van der Waals surface area (Å²) in [5.74, 6) is 3.28. The van der Waals surface area contributed by atoms with Gasteiger partial charge in [0, 0.05) is 6.42 Å². The molecule has 0 radical (unpaired) electrons. The van der Waals surface area contributed by atoms with Crippen LogP contribution in [0.2, 0.25) is 0 Å². The zero-order valence-corrected chi connectivity index (χ0v) is 5.95. The lowest BCUT2D eigenvalue weighted by atomic mass is 10.2. The van der Waals surface area contributed by atoms with Crippen molar-refractivity contribution in [3.8, 4) is 0 Å². The number of primary amides is 1. The molecule has 0 aliphatic rings. The third kappa shape index (κ3) is 4.29. The number of carbonyl (C=O) groups excluding carboxylic acids is 2. The smallest absolute Gasteiger partial charge is 0.341 e. The number of hydrogen-bond donors (Lipinski definition) is 3. The molecule has 0 aromatic heterocycles. The van der Waals surface area contributed by atoms with Crippen molar-refractivity contribution >= 4 is 11.9 Å². The summed E-state index contributed by atoms with van der Waals surface area (Å²) in [6.07, 6.45) is 0.210. The molecule has 1 unspecified atom stereocenters. The van der Waals surface area contributed by atoms with Crippen LogP contribution in [0.15, 0.2) is 0 Å². The second-order valence-electron chi connectivity index (χ2n) is 2.05. The lowest BCUT2D eigenvalue weighted by molar-refractivity contribution is -0.145. The summed E-state index contributed by atoms with van der Waals surface area (Å²) in [5, 5.41) is 0. The van der Waals surface area contributed by atoms with Crippen LogP contribution < -0.4 is 17.4 Å². The van der Waals surface area contributed by atoms with Crippen LogP contribution in [0.25, 0.3) is 0 Å². The largest absolute Gasteiger partial charge is 0.372 e. The van der Waals surface area contributed by atoms with Gasteiger partial charge in [0.2, 0.25) is 5.91 Å². The highest BCUT2D eigenvalue weighted by atomic mass is 16.7. The number of amides is 1. The molecule has 0 saturated heterocycles. The van der Waals surface area contributed by atoms with Crippen molar-refractivity contribution in [1.82, 2.24) is 0 Å². The van der Waals surface area contributed by atoms with Crippen molar-refractivity contribution in [1.29, 1.82) is 0 Å². The van der Waals surface area contributed by atoms with E-state index in [9.17, 15) is 9.59 Å². The highest BCUT2D eigenvalue weighted by Gasteiger charge is 2.14. The molecule has 0 rings (SSSR count). The maximum Gasteiger partial charge on any atom is 0.341 e. The quantitative estimate of drug-likeness (QED) is 0.411. The summed E-state index contributed by atoms with van der Waals surface area (Å²) in [5.41, 5.74) is 10.0. The molecule has 0 fully saturated rings. The first-order valence-corrected chi connectivity index (χ1v) is 3.02. The minimum absolute atomic E-state index is 0.0519. The first-order valence-electron chi connectivity index (χ1n) is 3.02. The van der Waals surface area contributed by atoms with Crippen LogP contribution in [0.5, 0.6) is 0 Å². The zero-order valence-electron chi connectivity index (χ0n) is 5.95. The number of carbonyl (C=O) groups is 2. The predicted octanol–water partition coefficient (Wildman–Crippen LogP) is -2.00. The van der Waals surface area contributed by atoms with Gasteiger partial charge in [-0.1, -0.05) is 0 Å². The summed E-state index contributed by atoms with van der Waals surface area (Å²) in [6.45, 7) is 0. The molecule has 0 aliphatic carbocycles. The molecule has 0 aromatic rings. The van der Waals surface area contributed by atoms with Crippen LogP contribution in [0.4, 0.5) is 0 Å². The Kier molecular flexibility index (Phi) is 4.16. The first-order chi connectivity index (χ1) is 5.07. The Hall–Kier alpha value is -1.14. The average molecular weight is 161 g/mol. The lowest BCUT2D eigenvalue weighted by Crippen LogP contribution is -2.34. The topological polar surface area (TPSA) is 121 Å². The molecule has 0 aromatic carbocycles. The second kappa shape index (κ2) is 4.64. The van der Waals surface area contributed by atoms with Gasteiger partial charge in [-0.2, -0.15) is 5.90 Å². The summed E-state index contributed by atoms with van der Waals surface area (Å²) in [4.78, 5) is 24.5. The molecule has 6 heteroatoms. The van der Waals surface area contributed by atoms with Gasteiger partial charge in [0.15, 0.2) is 0 Å². The molecule has 0 aliphatic heterocycles. The number of rotatable bonds is 4. The van der Waals surface area contributed by atoms with E-state index in [-0.39, 0.29) is 12.8 Å². The van der Waals surface area contributed by atoms with Crippen molar-refractivity contribution in [2.24, 2.45) is 17.4 Å². The van der Waals surface area contributed by atoms with E-state index in [1.54, 1.807) is 0 Å². The Bertz CT molecular complexity index is 159. The molecule has 6 nitrogen and oxygen atoms in total. The molecule has 0 heterocycles. The number of hydrogen-bond acceptors (Lipinski definition) is 5. The van der Waals surface area contributed by atoms with Gasteiger partial charge in [-0.05, 0) is 6.42 Å².